The summed E-state index contributed by atoms with van der Waals surface area (Å²) in [5.74, 6) is -1.94. The van der Waals surface area contributed by atoms with E-state index in [2.05, 4.69) is 16.0 Å². The maximum Gasteiger partial charge on any atom is 0.290 e. The third kappa shape index (κ3) is 6.19. The van der Waals surface area contributed by atoms with Crippen LogP contribution in [0.1, 0.15) is 31.0 Å². The van der Waals surface area contributed by atoms with Crippen molar-refractivity contribution in [2.45, 2.75) is 31.5 Å². The molecule has 2 atom stereocenters. The number of rotatable bonds is 12. The normalized spacial score (nSPS) is 14.9. The molecule has 1 fully saturated rings. The molecule has 0 radical (unpaired) electrons. The smallest absolute Gasteiger partial charge is 0.290 e. The zero-order valence-corrected chi connectivity index (χ0v) is 15.6. The Hall–Kier alpha value is -3.23. The molecular weight excluding hydrogens is 364 g/mol. The van der Waals surface area contributed by atoms with Crippen molar-refractivity contribution in [3.05, 3.63) is 35.9 Å². The average Bonchev–Trinajstić information content (AvgIpc) is 3.53. The van der Waals surface area contributed by atoms with Crippen LogP contribution < -0.4 is 16.0 Å². The van der Waals surface area contributed by atoms with Gasteiger partial charge in [0.2, 0.25) is 24.5 Å². The van der Waals surface area contributed by atoms with Crippen molar-refractivity contribution in [1.82, 2.24) is 20.9 Å². The minimum Gasteiger partial charge on any atom is -0.348 e. The van der Waals surface area contributed by atoms with Crippen molar-refractivity contribution in [3.8, 4) is 0 Å². The number of carbonyl (C=O) groups is 5. The summed E-state index contributed by atoms with van der Waals surface area (Å²) in [6.07, 6.45) is 2.62. The molecule has 1 aliphatic rings. The van der Waals surface area contributed by atoms with Crippen molar-refractivity contribution in [2.75, 3.05) is 13.6 Å². The van der Waals surface area contributed by atoms with E-state index >= 15 is 0 Å². The number of hydrogen-bond acceptors (Lipinski definition) is 5. The van der Waals surface area contributed by atoms with Gasteiger partial charge in [-0.3, -0.25) is 24.0 Å². The lowest BCUT2D eigenvalue weighted by Gasteiger charge is -2.26. The Kier molecular flexibility index (Phi) is 7.67. The van der Waals surface area contributed by atoms with E-state index in [4.69, 9.17) is 0 Å². The molecule has 9 heteroatoms. The van der Waals surface area contributed by atoms with Crippen LogP contribution >= 0.6 is 0 Å². The van der Waals surface area contributed by atoms with Gasteiger partial charge in [0, 0.05) is 7.05 Å². The number of nitrogens with zero attached hydrogens (tertiary/aromatic N) is 1. The van der Waals surface area contributed by atoms with Crippen molar-refractivity contribution in [2.24, 2.45) is 5.92 Å². The van der Waals surface area contributed by atoms with E-state index in [9.17, 15) is 24.0 Å². The largest absolute Gasteiger partial charge is 0.348 e. The van der Waals surface area contributed by atoms with E-state index in [0.717, 1.165) is 12.8 Å². The van der Waals surface area contributed by atoms with Gasteiger partial charge in [-0.15, -0.1) is 0 Å². The molecule has 0 aliphatic heterocycles. The quantitative estimate of drug-likeness (QED) is 0.253. The highest BCUT2D eigenvalue weighted by Crippen LogP contribution is 2.33. The Bertz CT molecular complexity index is 720. The maximum atomic E-state index is 12.2. The summed E-state index contributed by atoms with van der Waals surface area (Å²) in [6, 6.07) is 7.97. The molecule has 4 amide bonds. The first kappa shape index (κ1) is 21.1. The van der Waals surface area contributed by atoms with Crippen LogP contribution in [-0.4, -0.2) is 55.0 Å². The van der Waals surface area contributed by atoms with Gasteiger partial charge in [0.05, 0.1) is 12.6 Å². The predicted molar refractivity (Wildman–Crippen MR) is 99.5 cm³/mol. The van der Waals surface area contributed by atoms with Crippen LogP contribution in [0.2, 0.25) is 0 Å². The summed E-state index contributed by atoms with van der Waals surface area (Å²) in [6.45, 7) is -0.433. The number of ketones is 1. The predicted octanol–water partition coefficient (Wildman–Crippen LogP) is -0.510. The molecule has 0 spiro atoms. The fourth-order valence-corrected chi connectivity index (χ4v) is 2.75. The lowest BCUT2D eigenvalue weighted by atomic mass is 10.1. The van der Waals surface area contributed by atoms with Gasteiger partial charge in [-0.25, -0.2) is 0 Å². The average molecular weight is 388 g/mol. The van der Waals surface area contributed by atoms with E-state index in [1.165, 1.54) is 11.9 Å². The fraction of sp³-hybridized carbons (Fsp3) is 0.421. The third-order valence-corrected chi connectivity index (χ3v) is 4.47. The van der Waals surface area contributed by atoms with Crippen LogP contribution in [0, 0.1) is 5.92 Å². The van der Waals surface area contributed by atoms with Gasteiger partial charge in [-0.1, -0.05) is 43.2 Å². The molecule has 0 bridgehead atoms. The molecule has 3 N–H and O–H groups in total. The van der Waals surface area contributed by atoms with Crippen LogP contribution in [0.25, 0.3) is 0 Å². The fourth-order valence-electron chi connectivity index (χ4n) is 2.75. The van der Waals surface area contributed by atoms with Gasteiger partial charge >= 0.3 is 0 Å². The van der Waals surface area contributed by atoms with Gasteiger partial charge in [0.25, 0.3) is 5.91 Å². The van der Waals surface area contributed by atoms with Crippen LogP contribution in [0.15, 0.2) is 30.3 Å². The molecule has 150 valence electrons. The number of nitrogens with one attached hydrogen (secondary N) is 3. The van der Waals surface area contributed by atoms with E-state index < -0.39 is 36.3 Å². The Morgan fingerprint density at radius 3 is 2.43 bits per heavy atom. The van der Waals surface area contributed by atoms with Crippen molar-refractivity contribution in [3.63, 3.8) is 0 Å². The van der Waals surface area contributed by atoms with Gasteiger partial charge in [-0.2, -0.15) is 0 Å². The highest BCUT2D eigenvalue weighted by molar-refractivity contribution is 6.38. The molecule has 1 aliphatic carbocycles. The minimum absolute atomic E-state index is 0.336. The van der Waals surface area contributed by atoms with Crippen molar-refractivity contribution < 1.29 is 24.0 Å². The molecule has 2 rings (SSSR count). The molecule has 1 aromatic rings. The summed E-state index contributed by atoms with van der Waals surface area (Å²) < 4.78 is 0. The van der Waals surface area contributed by atoms with Gasteiger partial charge < -0.3 is 20.9 Å². The number of carbonyl (C=O) groups excluding carboxylic acids is 5. The Morgan fingerprint density at radius 2 is 1.86 bits per heavy atom. The SMILES string of the molecule is CN(C=O)C(NC(=O)CNC(=O)C(=O)C(CC1CC1)NC=O)c1ccccc1. The highest BCUT2D eigenvalue weighted by Gasteiger charge is 2.32. The second kappa shape index (κ2) is 10.2. The second-order valence-corrected chi connectivity index (χ2v) is 6.71. The first-order chi connectivity index (χ1) is 13.5. The van der Waals surface area contributed by atoms with E-state index in [-0.39, 0.29) is 0 Å². The first-order valence-corrected chi connectivity index (χ1v) is 8.99. The standard InChI is InChI=1S/C19H24N4O5/c1-23(12-25)18(14-5-3-2-4-6-14)22-16(26)10-20-19(28)17(27)15(21-11-24)9-13-7-8-13/h2-6,11-13,15,18H,7-10H2,1H3,(H,20,28)(H,21,24)(H,22,26). The van der Waals surface area contributed by atoms with Gasteiger partial charge in [0.1, 0.15) is 6.17 Å². The number of benzene rings is 1. The van der Waals surface area contributed by atoms with Crippen molar-refractivity contribution in [1.29, 1.82) is 0 Å². The van der Waals surface area contributed by atoms with E-state index in [0.29, 0.717) is 30.7 Å². The van der Waals surface area contributed by atoms with Crippen LogP contribution in [0.4, 0.5) is 0 Å². The lowest BCUT2D eigenvalue weighted by molar-refractivity contribution is -0.140. The highest BCUT2D eigenvalue weighted by atomic mass is 16.2. The number of Topliss-reactive ketones (excluding diaryl/α,β-unsaturated/α-hetero) is 1. The minimum atomic E-state index is -0.935. The molecule has 0 aromatic heterocycles. The second-order valence-electron chi connectivity index (χ2n) is 6.71. The summed E-state index contributed by atoms with van der Waals surface area (Å²) in [5.41, 5.74) is 0.688. The molecular formula is C19H24N4O5. The van der Waals surface area contributed by atoms with Gasteiger partial charge in [-0.05, 0) is 17.9 Å². The number of hydrogen-bond donors (Lipinski definition) is 3. The van der Waals surface area contributed by atoms with E-state index in [1.54, 1.807) is 30.3 Å². The molecule has 0 saturated heterocycles. The molecule has 2 unspecified atom stereocenters. The molecule has 1 aromatic carbocycles. The van der Waals surface area contributed by atoms with Gasteiger partial charge in [0.15, 0.2) is 0 Å². The maximum absolute atomic E-state index is 12.2. The zero-order valence-electron chi connectivity index (χ0n) is 15.6. The Labute approximate surface area is 162 Å². The Balaban J connectivity index is 1.90. The summed E-state index contributed by atoms with van der Waals surface area (Å²) >= 11 is 0. The third-order valence-electron chi connectivity index (χ3n) is 4.47. The topological polar surface area (TPSA) is 125 Å². The molecule has 9 nitrogen and oxygen atoms in total. The first-order valence-electron chi connectivity index (χ1n) is 8.99. The molecule has 1 saturated carbocycles. The number of amides is 4. The van der Waals surface area contributed by atoms with Crippen molar-refractivity contribution >= 4 is 30.4 Å². The Morgan fingerprint density at radius 1 is 1.18 bits per heavy atom. The molecule has 0 heterocycles. The van der Waals surface area contributed by atoms with Crippen LogP contribution in [-0.2, 0) is 24.0 Å². The van der Waals surface area contributed by atoms with E-state index in [1.807, 2.05) is 0 Å². The molecule has 28 heavy (non-hydrogen) atoms. The summed E-state index contributed by atoms with van der Waals surface area (Å²) in [4.78, 5) is 59.5. The van der Waals surface area contributed by atoms with Crippen LogP contribution in [0.5, 0.6) is 0 Å². The zero-order chi connectivity index (χ0) is 20.5. The lowest BCUT2D eigenvalue weighted by Crippen LogP contribution is -2.48. The summed E-state index contributed by atoms with van der Waals surface area (Å²) in [5, 5.41) is 7.26. The van der Waals surface area contributed by atoms with Crippen LogP contribution in [0.3, 0.4) is 0 Å². The summed E-state index contributed by atoms with van der Waals surface area (Å²) in [7, 11) is 1.51. The monoisotopic (exact) mass is 388 g/mol.